The first-order chi connectivity index (χ1) is 18.4. The van der Waals surface area contributed by atoms with Gasteiger partial charge in [-0.25, -0.2) is 9.97 Å². The highest BCUT2D eigenvalue weighted by Gasteiger charge is 2.20. The fraction of sp³-hybridized carbons (Fsp3) is 0.194. The van der Waals surface area contributed by atoms with Crippen LogP contribution in [-0.4, -0.2) is 26.1 Å². The van der Waals surface area contributed by atoms with E-state index in [1.807, 2.05) is 30.3 Å². The van der Waals surface area contributed by atoms with Crippen molar-refractivity contribution in [3.05, 3.63) is 124 Å². The topological polar surface area (TPSA) is 108 Å². The Morgan fingerprint density at radius 2 is 1.79 bits per heavy atom. The molecule has 3 N–H and O–H groups in total. The zero-order valence-electron chi connectivity index (χ0n) is 21.3. The number of aliphatic hydroxyl groups is 1. The first-order valence-corrected chi connectivity index (χ1v) is 12.5. The minimum atomic E-state index is -0.866. The number of benzene rings is 2. The van der Waals surface area contributed by atoms with Crippen LogP contribution in [0.25, 0.3) is 11.1 Å². The van der Waals surface area contributed by atoms with Crippen molar-refractivity contribution in [2.45, 2.75) is 38.8 Å². The summed E-state index contributed by atoms with van der Waals surface area (Å²) in [5.74, 6) is 0.266. The summed E-state index contributed by atoms with van der Waals surface area (Å²) in [7, 11) is 0. The maximum absolute atomic E-state index is 13.2. The molecule has 7 heteroatoms. The van der Waals surface area contributed by atoms with Crippen molar-refractivity contribution in [3.63, 3.8) is 0 Å². The van der Waals surface area contributed by atoms with Crippen LogP contribution in [0, 0.1) is 13.8 Å². The average molecular weight is 508 g/mol. The third kappa shape index (κ3) is 5.74. The Labute approximate surface area is 220 Å². The lowest BCUT2D eigenvalue weighted by atomic mass is 9.93. The van der Waals surface area contributed by atoms with Crippen LogP contribution in [0.2, 0.25) is 0 Å². The molecule has 0 fully saturated rings. The molecule has 0 saturated carbocycles. The largest absolute Gasteiger partial charge is 0.493 e. The molecule has 38 heavy (non-hydrogen) atoms. The van der Waals surface area contributed by atoms with Gasteiger partial charge in [0.2, 0.25) is 11.8 Å². The first-order valence-electron chi connectivity index (χ1n) is 12.5. The van der Waals surface area contributed by atoms with Gasteiger partial charge in [0.1, 0.15) is 11.3 Å². The number of rotatable bonds is 8. The number of nitrogens with zero attached hydrogens (tertiary/aromatic N) is 2. The molecule has 3 heterocycles. The maximum Gasteiger partial charge on any atom is 0.226 e. The summed E-state index contributed by atoms with van der Waals surface area (Å²) >= 11 is 0. The van der Waals surface area contributed by atoms with Crippen molar-refractivity contribution in [1.82, 2.24) is 15.3 Å². The summed E-state index contributed by atoms with van der Waals surface area (Å²) in [5.41, 5.74) is 6.71. The van der Waals surface area contributed by atoms with Crippen molar-refractivity contribution in [2.24, 2.45) is 0 Å². The van der Waals surface area contributed by atoms with E-state index in [2.05, 4.69) is 47.3 Å². The van der Waals surface area contributed by atoms with E-state index in [0.29, 0.717) is 28.1 Å². The van der Waals surface area contributed by atoms with Crippen LogP contribution in [0.3, 0.4) is 0 Å². The molecule has 0 aliphatic heterocycles. The highest BCUT2D eigenvalue weighted by Crippen LogP contribution is 2.27. The number of pyridine rings is 2. The van der Waals surface area contributed by atoms with Gasteiger partial charge in [0.15, 0.2) is 5.58 Å². The molecule has 0 radical (unpaired) electrons. The number of furan rings is 1. The van der Waals surface area contributed by atoms with E-state index in [1.54, 1.807) is 24.3 Å². The van der Waals surface area contributed by atoms with Gasteiger partial charge >= 0.3 is 0 Å². The Morgan fingerprint density at radius 1 is 0.974 bits per heavy atom. The Hall–Kier alpha value is -4.49. The number of aromatic nitrogens is 2. The van der Waals surface area contributed by atoms with E-state index in [1.165, 1.54) is 17.8 Å². The second kappa shape index (κ2) is 10.9. The normalized spacial score (nSPS) is 12.8. The van der Waals surface area contributed by atoms with Crippen LogP contribution in [0.4, 0.5) is 0 Å². The summed E-state index contributed by atoms with van der Waals surface area (Å²) in [6.45, 7) is 4.12. The molecule has 0 aliphatic rings. The molecule has 7 nitrogen and oxygen atoms in total. The summed E-state index contributed by atoms with van der Waals surface area (Å²) in [6, 6.07) is 24.3. The van der Waals surface area contributed by atoms with Gasteiger partial charge in [0.05, 0.1) is 24.3 Å². The molecule has 5 aromatic rings. The second-order valence-electron chi connectivity index (χ2n) is 9.51. The number of carbonyl (C=O) groups excluding carboxylic acids is 1. The number of fused-ring (bicyclic) bond motifs is 1. The van der Waals surface area contributed by atoms with E-state index in [0.717, 1.165) is 16.7 Å². The smallest absolute Gasteiger partial charge is 0.226 e. The number of carbonyl (C=O) groups is 1. The standard InChI is InChI=1S/C31H29N3O4/c1-19-8-10-25(20(2)14-19)31(21-6-4-3-5-7-21)34-30(37)16-23-9-11-28-26(33-23)17-24(38-28)18-27(35)22-12-13-32-29(36)15-22/h3-15,17,27,31,35H,16,18H2,1-2H3,(H,32,36)(H,34,37). The number of amides is 1. The summed E-state index contributed by atoms with van der Waals surface area (Å²) in [4.78, 5) is 21.5. The number of aromatic hydroxyl groups is 1. The van der Waals surface area contributed by atoms with Gasteiger partial charge in [0.25, 0.3) is 0 Å². The summed E-state index contributed by atoms with van der Waals surface area (Å²) in [6.07, 6.45) is 0.900. The van der Waals surface area contributed by atoms with E-state index in [4.69, 9.17) is 4.42 Å². The predicted octanol–water partition coefficient (Wildman–Crippen LogP) is 5.27. The maximum atomic E-state index is 13.2. The molecule has 0 aliphatic carbocycles. The molecule has 2 unspecified atom stereocenters. The lowest BCUT2D eigenvalue weighted by Gasteiger charge is -2.22. The average Bonchev–Trinajstić information content (AvgIpc) is 3.29. The highest BCUT2D eigenvalue weighted by molar-refractivity contribution is 5.80. The fourth-order valence-electron chi connectivity index (χ4n) is 4.68. The SMILES string of the molecule is Cc1ccc(C(NC(=O)Cc2ccc3oc(CC(O)c4ccnc(O)c4)cc3n2)c2ccccc2)c(C)c1. The summed E-state index contributed by atoms with van der Waals surface area (Å²) < 4.78 is 5.85. The molecule has 0 saturated heterocycles. The van der Waals surface area contributed by atoms with Crippen LogP contribution in [0.1, 0.15) is 51.4 Å². The van der Waals surface area contributed by atoms with E-state index in [9.17, 15) is 15.0 Å². The molecular formula is C31H29N3O4. The highest BCUT2D eigenvalue weighted by atomic mass is 16.3. The van der Waals surface area contributed by atoms with Gasteiger partial charge in [-0.2, -0.15) is 0 Å². The number of hydrogen-bond donors (Lipinski definition) is 3. The number of hydrogen-bond acceptors (Lipinski definition) is 6. The lowest BCUT2D eigenvalue weighted by molar-refractivity contribution is -0.121. The van der Waals surface area contributed by atoms with Crippen LogP contribution in [0.5, 0.6) is 5.88 Å². The molecule has 5 rings (SSSR count). The van der Waals surface area contributed by atoms with Gasteiger partial charge in [-0.05, 0) is 54.3 Å². The first kappa shape index (κ1) is 25.2. The number of aliphatic hydroxyl groups excluding tert-OH is 1. The third-order valence-electron chi connectivity index (χ3n) is 6.55. The van der Waals surface area contributed by atoms with Crippen molar-refractivity contribution in [3.8, 4) is 5.88 Å². The van der Waals surface area contributed by atoms with Crippen LogP contribution < -0.4 is 5.32 Å². The summed E-state index contributed by atoms with van der Waals surface area (Å²) in [5, 5.41) is 23.3. The molecule has 192 valence electrons. The van der Waals surface area contributed by atoms with Crippen LogP contribution >= 0.6 is 0 Å². The monoisotopic (exact) mass is 507 g/mol. The quantitative estimate of drug-likeness (QED) is 0.264. The lowest BCUT2D eigenvalue weighted by Crippen LogP contribution is -2.31. The van der Waals surface area contributed by atoms with E-state index >= 15 is 0 Å². The molecular weight excluding hydrogens is 478 g/mol. The van der Waals surface area contributed by atoms with Gasteiger partial charge in [-0.15, -0.1) is 0 Å². The number of aryl methyl sites for hydroxylation is 2. The molecule has 3 aromatic heterocycles. The molecule has 0 spiro atoms. The van der Waals surface area contributed by atoms with Crippen molar-refractivity contribution < 1.29 is 19.4 Å². The molecule has 0 bridgehead atoms. The van der Waals surface area contributed by atoms with Crippen LogP contribution in [-0.2, 0) is 17.6 Å². The van der Waals surface area contributed by atoms with Crippen LogP contribution in [0.15, 0.2) is 89.5 Å². The van der Waals surface area contributed by atoms with E-state index in [-0.39, 0.29) is 30.7 Å². The Morgan fingerprint density at radius 3 is 2.55 bits per heavy atom. The zero-order chi connectivity index (χ0) is 26.6. The number of nitrogens with one attached hydrogen (secondary N) is 1. The Balaban J connectivity index is 1.32. The molecule has 2 aromatic carbocycles. The zero-order valence-corrected chi connectivity index (χ0v) is 21.3. The van der Waals surface area contributed by atoms with Gasteiger partial charge in [-0.3, -0.25) is 4.79 Å². The Bertz CT molecular complexity index is 1580. The van der Waals surface area contributed by atoms with Gasteiger partial charge < -0.3 is 19.9 Å². The molecule has 1 amide bonds. The van der Waals surface area contributed by atoms with E-state index < -0.39 is 6.10 Å². The van der Waals surface area contributed by atoms with Gasteiger partial charge in [0, 0.05) is 24.8 Å². The van der Waals surface area contributed by atoms with Crippen molar-refractivity contribution in [1.29, 1.82) is 0 Å². The molecule has 2 atom stereocenters. The van der Waals surface area contributed by atoms with Gasteiger partial charge in [-0.1, -0.05) is 54.1 Å². The Kier molecular flexibility index (Phi) is 7.20. The minimum Gasteiger partial charge on any atom is -0.493 e. The minimum absolute atomic E-state index is 0.115. The third-order valence-corrected chi connectivity index (χ3v) is 6.55. The van der Waals surface area contributed by atoms with Crippen molar-refractivity contribution in [2.75, 3.05) is 0 Å². The fourth-order valence-corrected chi connectivity index (χ4v) is 4.68. The second-order valence-corrected chi connectivity index (χ2v) is 9.51. The van der Waals surface area contributed by atoms with Crippen molar-refractivity contribution >= 4 is 17.0 Å². The predicted molar refractivity (Wildman–Crippen MR) is 145 cm³/mol.